The van der Waals surface area contributed by atoms with Crippen LogP contribution in [0, 0.1) is 0 Å². The molecule has 0 spiro atoms. The highest BCUT2D eigenvalue weighted by Crippen LogP contribution is 2.26. The zero-order valence-electron chi connectivity index (χ0n) is 10.3. The van der Waals surface area contributed by atoms with Gasteiger partial charge in [0.15, 0.2) is 0 Å². The summed E-state index contributed by atoms with van der Waals surface area (Å²) < 4.78 is 2.06. The highest BCUT2D eigenvalue weighted by atomic mass is 16.1. The summed E-state index contributed by atoms with van der Waals surface area (Å²) in [5.41, 5.74) is 3.18. The van der Waals surface area contributed by atoms with Crippen molar-refractivity contribution in [1.82, 2.24) is 20.2 Å². The zero-order chi connectivity index (χ0) is 12.5. The Hall–Kier alpha value is -1.88. The zero-order valence-corrected chi connectivity index (χ0v) is 10.3. The minimum atomic E-state index is 0.0473. The van der Waals surface area contributed by atoms with E-state index in [1.807, 2.05) is 19.2 Å². The molecule has 3 rings (SSSR count). The molecule has 1 amide bonds. The SMILES string of the molecule is Cn1cc(C2CC(=O)NCCN2)c2ncccc21. The van der Waals surface area contributed by atoms with Gasteiger partial charge in [-0.2, -0.15) is 0 Å². The Morgan fingerprint density at radius 1 is 1.44 bits per heavy atom. The molecule has 1 unspecified atom stereocenters. The van der Waals surface area contributed by atoms with Crippen LogP contribution in [0.1, 0.15) is 18.0 Å². The average molecular weight is 244 g/mol. The number of nitrogens with zero attached hydrogens (tertiary/aromatic N) is 2. The first-order valence-electron chi connectivity index (χ1n) is 6.16. The van der Waals surface area contributed by atoms with Crippen LogP contribution in [0.5, 0.6) is 0 Å². The van der Waals surface area contributed by atoms with Crippen LogP contribution in [0.3, 0.4) is 0 Å². The molecule has 1 saturated heterocycles. The van der Waals surface area contributed by atoms with Crippen molar-refractivity contribution >= 4 is 16.9 Å². The number of amides is 1. The number of aromatic nitrogens is 2. The highest BCUT2D eigenvalue weighted by molar-refractivity contribution is 5.82. The first kappa shape index (κ1) is 11.2. The average Bonchev–Trinajstić information content (AvgIpc) is 2.57. The second kappa shape index (κ2) is 4.42. The van der Waals surface area contributed by atoms with E-state index >= 15 is 0 Å². The summed E-state index contributed by atoms with van der Waals surface area (Å²) in [6.45, 7) is 1.48. The molecule has 5 nitrogen and oxygen atoms in total. The van der Waals surface area contributed by atoms with Gasteiger partial charge in [0.05, 0.1) is 11.0 Å². The first-order chi connectivity index (χ1) is 8.75. The Kier molecular flexibility index (Phi) is 2.76. The quantitative estimate of drug-likeness (QED) is 0.777. The molecular formula is C13H16N4O. The first-order valence-corrected chi connectivity index (χ1v) is 6.16. The maximum absolute atomic E-state index is 11.6. The van der Waals surface area contributed by atoms with Crippen LogP contribution >= 0.6 is 0 Å². The maximum atomic E-state index is 11.6. The number of carbonyl (C=O) groups is 1. The molecule has 2 aromatic rings. The van der Waals surface area contributed by atoms with Crippen molar-refractivity contribution in [3.63, 3.8) is 0 Å². The van der Waals surface area contributed by atoms with Gasteiger partial charge in [0, 0.05) is 50.6 Å². The third kappa shape index (κ3) is 1.86. The topological polar surface area (TPSA) is 59.0 Å². The van der Waals surface area contributed by atoms with Crippen molar-refractivity contribution in [3.05, 3.63) is 30.1 Å². The Labute approximate surface area is 105 Å². The molecule has 5 heteroatoms. The van der Waals surface area contributed by atoms with E-state index in [4.69, 9.17) is 0 Å². The molecule has 0 bridgehead atoms. The minimum absolute atomic E-state index is 0.0473. The predicted octanol–water partition coefficient (Wildman–Crippen LogP) is 0.724. The predicted molar refractivity (Wildman–Crippen MR) is 69.1 cm³/mol. The Morgan fingerprint density at radius 2 is 2.33 bits per heavy atom. The number of pyridine rings is 1. The Bertz CT molecular complexity index is 590. The van der Waals surface area contributed by atoms with Crippen molar-refractivity contribution in [3.8, 4) is 0 Å². The van der Waals surface area contributed by atoms with Crippen LogP contribution in [0.2, 0.25) is 0 Å². The maximum Gasteiger partial charge on any atom is 0.221 e. The summed E-state index contributed by atoms with van der Waals surface area (Å²) in [4.78, 5) is 16.1. The van der Waals surface area contributed by atoms with Gasteiger partial charge in [-0.05, 0) is 12.1 Å². The van der Waals surface area contributed by atoms with E-state index in [9.17, 15) is 4.79 Å². The van der Waals surface area contributed by atoms with Crippen LogP contribution in [-0.2, 0) is 11.8 Å². The fourth-order valence-electron chi connectivity index (χ4n) is 2.50. The number of hydrogen-bond donors (Lipinski definition) is 2. The summed E-state index contributed by atoms with van der Waals surface area (Å²) in [6, 6.07) is 4.02. The van der Waals surface area contributed by atoms with Gasteiger partial charge in [-0.3, -0.25) is 9.78 Å². The van der Waals surface area contributed by atoms with Gasteiger partial charge in [0.25, 0.3) is 0 Å². The lowest BCUT2D eigenvalue weighted by molar-refractivity contribution is -0.121. The second-order valence-corrected chi connectivity index (χ2v) is 4.63. The van der Waals surface area contributed by atoms with Crippen molar-refractivity contribution in [1.29, 1.82) is 0 Å². The minimum Gasteiger partial charge on any atom is -0.355 e. The lowest BCUT2D eigenvalue weighted by Gasteiger charge is -2.12. The number of carbonyl (C=O) groups excluding carboxylic acids is 1. The van der Waals surface area contributed by atoms with Gasteiger partial charge in [0.2, 0.25) is 5.91 Å². The van der Waals surface area contributed by atoms with Crippen LogP contribution in [0.4, 0.5) is 0 Å². The van der Waals surface area contributed by atoms with Crippen LogP contribution < -0.4 is 10.6 Å². The van der Waals surface area contributed by atoms with Gasteiger partial charge < -0.3 is 15.2 Å². The summed E-state index contributed by atoms with van der Waals surface area (Å²) in [7, 11) is 2.00. The van der Waals surface area contributed by atoms with E-state index in [0.717, 1.165) is 23.1 Å². The Balaban J connectivity index is 2.05. The van der Waals surface area contributed by atoms with Gasteiger partial charge >= 0.3 is 0 Å². The van der Waals surface area contributed by atoms with Crippen molar-refractivity contribution < 1.29 is 4.79 Å². The molecule has 0 aliphatic carbocycles. The summed E-state index contributed by atoms with van der Waals surface area (Å²) in [5, 5.41) is 6.27. The van der Waals surface area contributed by atoms with Gasteiger partial charge in [-0.1, -0.05) is 0 Å². The number of hydrogen-bond acceptors (Lipinski definition) is 3. The van der Waals surface area contributed by atoms with E-state index in [2.05, 4.69) is 26.4 Å². The standard InChI is InChI=1S/C13H16N4O/c1-17-8-9(13-11(17)3-2-4-16-13)10-7-12(18)15-6-5-14-10/h2-4,8,10,14H,5-7H2,1H3,(H,15,18). The van der Waals surface area contributed by atoms with E-state index in [-0.39, 0.29) is 11.9 Å². The molecule has 3 heterocycles. The molecule has 1 aliphatic heterocycles. The lowest BCUT2D eigenvalue weighted by atomic mass is 10.1. The summed E-state index contributed by atoms with van der Waals surface area (Å²) >= 11 is 0. The number of fused-ring (bicyclic) bond motifs is 1. The Morgan fingerprint density at radius 3 is 3.22 bits per heavy atom. The molecule has 0 radical (unpaired) electrons. The molecule has 2 N–H and O–H groups in total. The molecule has 94 valence electrons. The number of rotatable bonds is 1. The number of aryl methyl sites for hydroxylation is 1. The van der Waals surface area contributed by atoms with Gasteiger partial charge in [-0.15, -0.1) is 0 Å². The molecule has 1 aliphatic rings. The van der Waals surface area contributed by atoms with E-state index in [1.54, 1.807) is 6.20 Å². The molecule has 1 fully saturated rings. The smallest absolute Gasteiger partial charge is 0.221 e. The lowest BCUT2D eigenvalue weighted by Crippen LogP contribution is -2.24. The highest BCUT2D eigenvalue weighted by Gasteiger charge is 2.22. The largest absolute Gasteiger partial charge is 0.355 e. The van der Waals surface area contributed by atoms with E-state index in [1.165, 1.54) is 0 Å². The third-order valence-corrected chi connectivity index (χ3v) is 3.38. The summed E-state index contributed by atoms with van der Waals surface area (Å²) in [6.07, 6.45) is 4.33. The fraction of sp³-hybridized carbons (Fsp3) is 0.385. The monoisotopic (exact) mass is 244 g/mol. The summed E-state index contributed by atoms with van der Waals surface area (Å²) in [5.74, 6) is 0.0953. The normalized spacial score (nSPS) is 20.7. The van der Waals surface area contributed by atoms with Crippen molar-refractivity contribution in [2.24, 2.45) is 7.05 Å². The fourth-order valence-corrected chi connectivity index (χ4v) is 2.50. The number of nitrogens with one attached hydrogen (secondary N) is 2. The van der Waals surface area contributed by atoms with Crippen LogP contribution in [-0.4, -0.2) is 28.5 Å². The van der Waals surface area contributed by atoms with Gasteiger partial charge in [-0.25, -0.2) is 0 Å². The molecule has 2 aromatic heterocycles. The van der Waals surface area contributed by atoms with E-state index < -0.39 is 0 Å². The second-order valence-electron chi connectivity index (χ2n) is 4.63. The molecule has 0 aromatic carbocycles. The van der Waals surface area contributed by atoms with Crippen LogP contribution in [0.25, 0.3) is 11.0 Å². The van der Waals surface area contributed by atoms with Crippen LogP contribution in [0.15, 0.2) is 24.5 Å². The third-order valence-electron chi connectivity index (χ3n) is 3.38. The molecule has 18 heavy (non-hydrogen) atoms. The van der Waals surface area contributed by atoms with Crippen molar-refractivity contribution in [2.45, 2.75) is 12.5 Å². The van der Waals surface area contributed by atoms with Crippen molar-refractivity contribution in [2.75, 3.05) is 13.1 Å². The molecule has 1 atom stereocenters. The molecular weight excluding hydrogens is 228 g/mol. The van der Waals surface area contributed by atoms with E-state index in [0.29, 0.717) is 13.0 Å². The van der Waals surface area contributed by atoms with Gasteiger partial charge in [0.1, 0.15) is 0 Å². The molecule has 0 saturated carbocycles.